The molecule has 0 aliphatic rings. The third-order valence-corrected chi connectivity index (χ3v) is 6.61. The Balaban J connectivity index is 1.64. The second-order valence-corrected chi connectivity index (χ2v) is 9.39. The highest BCUT2D eigenvalue weighted by atomic mass is 35.5. The maximum Gasteiger partial charge on any atom is 0.220 e. The molecule has 0 saturated carbocycles. The molecule has 0 aliphatic carbocycles. The van der Waals surface area contributed by atoms with E-state index < -0.39 is 5.25 Å². The van der Waals surface area contributed by atoms with Crippen molar-refractivity contribution in [2.24, 2.45) is 0 Å². The number of nitrogens with zero attached hydrogens (tertiary/aromatic N) is 4. The fourth-order valence-corrected chi connectivity index (χ4v) is 4.89. The number of aryl methyl sites for hydroxylation is 2. The van der Waals surface area contributed by atoms with Crippen LogP contribution in [0.5, 0.6) is 5.75 Å². The summed E-state index contributed by atoms with van der Waals surface area (Å²) in [4.78, 5) is 11.3. The number of hydrogen-bond donors (Lipinski definition) is 0. The third kappa shape index (κ3) is 5.76. The van der Waals surface area contributed by atoms with Gasteiger partial charge in [-0.25, -0.2) is 0 Å². The Kier molecular flexibility index (Phi) is 7.49. The van der Waals surface area contributed by atoms with Gasteiger partial charge in [-0.15, -0.1) is 10.2 Å². The van der Waals surface area contributed by atoms with Gasteiger partial charge >= 0.3 is 0 Å². The average molecular weight is 495 g/mol. The number of benzene rings is 3. The molecule has 0 amide bonds. The predicted octanol–water partition coefficient (Wildman–Crippen LogP) is 6.23. The van der Waals surface area contributed by atoms with E-state index in [1.165, 1.54) is 11.8 Å². The topological polar surface area (TPSA) is 83.1 Å². The monoisotopic (exact) mass is 494 g/mol. The summed E-state index contributed by atoms with van der Waals surface area (Å²) in [5, 5.41) is 20.9. The molecule has 0 fully saturated rings. The molecule has 174 valence electrons. The van der Waals surface area contributed by atoms with Crippen LogP contribution >= 0.6 is 23.4 Å². The van der Waals surface area contributed by atoms with Gasteiger partial charge in [-0.05, 0) is 55.3 Å². The summed E-state index contributed by atoms with van der Waals surface area (Å²) in [6.45, 7) is 3.92. The van der Waals surface area contributed by atoms with E-state index in [4.69, 9.17) is 16.3 Å². The quantitative estimate of drug-likeness (QED) is 0.156. The fourth-order valence-electron chi connectivity index (χ4n) is 3.57. The van der Waals surface area contributed by atoms with E-state index in [2.05, 4.69) is 10.2 Å². The number of hydrogen-bond acceptors (Lipinski definition) is 6. The molecule has 0 unspecified atom stereocenters. The van der Waals surface area contributed by atoms with Crippen LogP contribution in [0.15, 0.2) is 78.0 Å². The van der Waals surface area contributed by atoms with Gasteiger partial charge in [0.15, 0.2) is 5.16 Å². The minimum absolute atomic E-state index is 0.286. The molecule has 0 bridgehead atoms. The van der Waals surface area contributed by atoms with Gasteiger partial charge in [0.05, 0.1) is 0 Å². The number of rotatable bonds is 9. The number of nitro groups is 1. The summed E-state index contributed by atoms with van der Waals surface area (Å²) in [7, 11) is 0. The molecule has 3 aromatic carbocycles. The molecule has 4 aromatic rings. The Morgan fingerprint density at radius 3 is 2.56 bits per heavy atom. The zero-order chi connectivity index (χ0) is 24.1. The summed E-state index contributed by atoms with van der Waals surface area (Å²) < 4.78 is 8.00. The first-order valence-corrected chi connectivity index (χ1v) is 11.9. The molecule has 0 aliphatic heterocycles. The second kappa shape index (κ2) is 10.7. The van der Waals surface area contributed by atoms with Gasteiger partial charge in [0.25, 0.3) is 0 Å². The van der Waals surface area contributed by atoms with Crippen molar-refractivity contribution in [3.8, 4) is 11.4 Å². The number of para-hydroxylation sites is 1. The molecule has 1 aromatic heterocycles. The van der Waals surface area contributed by atoms with Gasteiger partial charge < -0.3 is 4.74 Å². The zero-order valence-corrected chi connectivity index (χ0v) is 20.3. The third-order valence-electron chi connectivity index (χ3n) is 5.19. The Morgan fingerprint density at radius 2 is 1.82 bits per heavy atom. The molecule has 1 heterocycles. The van der Waals surface area contributed by atoms with Crippen molar-refractivity contribution < 1.29 is 9.66 Å². The maximum absolute atomic E-state index is 11.6. The standard InChI is InChI=1S/C25H23ClN4O3S/c1-17-6-5-7-21(14-17)30-18(2)27-28-25(30)34-24(15-29(31)32)22-8-3-4-9-23(22)33-16-19-10-12-20(26)13-11-19/h3-14,24H,15-16H2,1-2H3/t24-/m0/s1. The van der Waals surface area contributed by atoms with Gasteiger partial charge in [0.2, 0.25) is 6.54 Å². The van der Waals surface area contributed by atoms with Crippen molar-refractivity contribution in [2.75, 3.05) is 6.54 Å². The predicted molar refractivity (Wildman–Crippen MR) is 134 cm³/mol. The van der Waals surface area contributed by atoms with Gasteiger partial charge in [-0.1, -0.05) is 65.8 Å². The lowest BCUT2D eigenvalue weighted by Gasteiger charge is -2.18. The van der Waals surface area contributed by atoms with Gasteiger partial charge in [0, 0.05) is 21.2 Å². The van der Waals surface area contributed by atoms with E-state index >= 15 is 0 Å². The number of aromatic nitrogens is 3. The smallest absolute Gasteiger partial charge is 0.220 e. The number of halogens is 1. The van der Waals surface area contributed by atoms with Crippen molar-refractivity contribution in [1.82, 2.24) is 14.8 Å². The van der Waals surface area contributed by atoms with Crippen LogP contribution in [0.25, 0.3) is 5.69 Å². The first-order chi connectivity index (χ1) is 16.4. The van der Waals surface area contributed by atoms with Crippen molar-refractivity contribution in [3.63, 3.8) is 0 Å². The Morgan fingerprint density at radius 1 is 1.06 bits per heavy atom. The largest absolute Gasteiger partial charge is 0.489 e. The van der Waals surface area contributed by atoms with E-state index in [0.717, 1.165) is 22.4 Å². The van der Waals surface area contributed by atoms with Crippen LogP contribution in [-0.4, -0.2) is 26.2 Å². The van der Waals surface area contributed by atoms with Crippen LogP contribution in [0.3, 0.4) is 0 Å². The van der Waals surface area contributed by atoms with Gasteiger partial charge in [-0.3, -0.25) is 14.7 Å². The molecule has 7 nitrogen and oxygen atoms in total. The van der Waals surface area contributed by atoms with Gasteiger partial charge in [-0.2, -0.15) is 0 Å². The maximum atomic E-state index is 11.6. The van der Waals surface area contributed by atoms with Crippen LogP contribution < -0.4 is 4.74 Å². The molecule has 1 atom stereocenters. The van der Waals surface area contributed by atoms with Gasteiger partial charge in [0.1, 0.15) is 23.4 Å². The molecule has 4 rings (SSSR count). The molecule has 34 heavy (non-hydrogen) atoms. The van der Waals surface area contributed by atoms with Crippen molar-refractivity contribution in [3.05, 3.63) is 110 Å². The first kappa shape index (κ1) is 23.8. The average Bonchev–Trinajstić information content (AvgIpc) is 3.18. The Hall–Kier alpha value is -3.36. The van der Waals surface area contributed by atoms with E-state index in [0.29, 0.717) is 28.4 Å². The lowest BCUT2D eigenvalue weighted by Crippen LogP contribution is -2.12. The minimum Gasteiger partial charge on any atom is -0.489 e. The molecular formula is C25H23ClN4O3S. The molecule has 0 N–H and O–H groups in total. The summed E-state index contributed by atoms with van der Waals surface area (Å²) in [5.41, 5.74) is 3.70. The summed E-state index contributed by atoms with van der Waals surface area (Å²) in [6.07, 6.45) is 0. The number of ether oxygens (including phenoxy) is 1. The fraction of sp³-hybridized carbons (Fsp3) is 0.200. The van der Waals surface area contributed by atoms with E-state index in [9.17, 15) is 10.1 Å². The minimum atomic E-state index is -0.524. The van der Waals surface area contributed by atoms with E-state index in [-0.39, 0.29) is 11.5 Å². The van der Waals surface area contributed by atoms with E-state index in [1.807, 2.05) is 79.1 Å². The van der Waals surface area contributed by atoms with Crippen LogP contribution in [0.2, 0.25) is 5.02 Å². The summed E-state index contributed by atoms with van der Waals surface area (Å²) in [6, 6.07) is 22.8. The first-order valence-electron chi connectivity index (χ1n) is 10.6. The van der Waals surface area contributed by atoms with Crippen molar-refractivity contribution in [2.45, 2.75) is 30.9 Å². The zero-order valence-electron chi connectivity index (χ0n) is 18.7. The van der Waals surface area contributed by atoms with Crippen LogP contribution in [0.1, 0.15) is 27.8 Å². The van der Waals surface area contributed by atoms with Crippen LogP contribution in [0.4, 0.5) is 0 Å². The van der Waals surface area contributed by atoms with Crippen LogP contribution in [0, 0.1) is 24.0 Å². The SMILES string of the molecule is Cc1cccc(-n2c(C)nnc2S[C@@H](C[N+](=O)[O-])c2ccccc2OCc2ccc(Cl)cc2)c1. The lowest BCUT2D eigenvalue weighted by molar-refractivity contribution is -0.479. The molecule has 9 heteroatoms. The highest BCUT2D eigenvalue weighted by Crippen LogP contribution is 2.40. The molecular weight excluding hydrogens is 472 g/mol. The van der Waals surface area contributed by atoms with Crippen LogP contribution in [-0.2, 0) is 6.61 Å². The lowest BCUT2D eigenvalue weighted by atomic mass is 10.1. The highest BCUT2D eigenvalue weighted by molar-refractivity contribution is 7.99. The summed E-state index contributed by atoms with van der Waals surface area (Å²) >= 11 is 7.27. The molecule has 0 spiro atoms. The number of thioether (sulfide) groups is 1. The Bertz CT molecular complexity index is 1290. The summed E-state index contributed by atoms with van der Waals surface area (Å²) in [5.74, 6) is 1.30. The van der Waals surface area contributed by atoms with Crippen molar-refractivity contribution >= 4 is 23.4 Å². The highest BCUT2D eigenvalue weighted by Gasteiger charge is 2.26. The van der Waals surface area contributed by atoms with Crippen molar-refractivity contribution in [1.29, 1.82) is 0 Å². The second-order valence-electron chi connectivity index (χ2n) is 7.78. The normalized spacial score (nSPS) is 11.9. The Labute approximate surface area is 206 Å². The molecule has 0 saturated heterocycles. The van der Waals surface area contributed by atoms with E-state index in [1.54, 1.807) is 12.1 Å². The molecule has 0 radical (unpaired) electrons.